The highest BCUT2D eigenvalue weighted by Gasteiger charge is 2.23. The SMILES string of the molecule is Cc1cc2cc(CN(Cc3ccc4c(c3)OCO4)Cc3nnnn3C(C)(C)C)c(=O)[nH]c2cc1C. The van der Waals surface area contributed by atoms with Gasteiger partial charge in [-0.2, -0.15) is 0 Å². The number of aromatic nitrogens is 5. The molecule has 0 radical (unpaired) electrons. The lowest BCUT2D eigenvalue weighted by molar-refractivity contribution is 0.174. The Morgan fingerprint density at radius 2 is 1.77 bits per heavy atom. The van der Waals surface area contributed by atoms with Gasteiger partial charge in [0.25, 0.3) is 5.56 Å². The van der Waals surface area contributed by atoms with Crippen LogP contribution < -0.4 is 15.0 Å². The minimum Gasteiger partial charge on any atom is -0.454 e. The summed E-state index contributed by atoms with van der Waals surface area (Å²) in [6, 6.07) is 12.1. The zero-order chi connectivity index (χ0) is 24.7. The molecule has 0 amide bonds. The van der Waals surface area contributed by atoms with E-state index in [1.807, 2.05) is 41.9 Å². The van der Waals surface area contributed by atoms with Crippen molar-refractivity contribution in [3.05, 3.63) is 74.8 Å². The van der Waals surface area contributed by atoms with E-state index in [0.29, 0.717) is 25.2 Å². The highest BCUT2D eigenvalue weighted by Crippen LogP contribution is 2.33. The number of aromatic amines is 1. The molecule has 0 spiro atoms. The number of H-pyrrole nitrogens is 1. The van der Waals surface area contributed by atoms with Gasteiger partial charge in [0, 0.05) is 24.2 Å². The normalized spacial score (nSPS) is 13.2. The van der Waals surface area contributed by atoms with Gasteiger partial charge in [-0.05, 0) is 97.5 Å². The van der Waals surface area contributed by atoms with E-state index in [9.17, 15) is 4.79 Å². The number of fused-ring (bicyclic) bond motifs is 2. The van der Waals surface area contributed by atoms with Crippen LogP contribution in [0.5, 0.6) is 11.5 Å². The number of hydrogen-bond donors (Lipinski definition) is 1. The zero-order valence-electron chi connectivity index (χ0n) is 20.8. The summed E-state index contributed by atoms with van der Waals surface area (Å²) < 4.78 is 12.9. The Kier molecular flexibility index (Phi) is 5.80. The van der Waals surface area contributed by atoms with E-state index in [-0.39, 0.29) is 17.9 Å². The molecule has 0 saturated heterocycles. The van der Waals surface area contributed by atoms with Crippen molar-refractivity contribution < 1.29 is 9.47 Å². The average Bonchev–Trinajstić information content (AvgIpc) is 3.44. The first-order chi connectivity index (χ1) is 16.7. The highest BCUT2D eigenvalue weighted by atomic mass is 16.7. The Morgan fingerprint density at radius 3 is 2.57 bits per heavy atom. The second-order valence-electron chi connectivity index (χ2n) is 10.2. The second-order valence-corrected chi connectivity index (χ2v) is 10.2. The predicted molar refractivity (Wildman–Crippen MR) is 132 cm³/mol. The maximum atomic E-state index is 13.0. The van der Waals surface area contributed by atoms with Gasteiger partial charge in [0.1, 0.15) is 0 Å². The predicted octanol–water partition coefficient (Wildman–Crippen LogP) is 3.82. The third-order valence-electron chi connectivity index (χ3n) is 6.31. The minimum absolute atomic E-state index is 0.0909. The van der Waals surface area contributed by atoms with Crippen LogP contribution in [-0.4, -0.2) is 36.9 Å². The Labute approximate surface area is 203 Å². The lowest BCUT2D eigenvalue weighted by atomic mass is 10.0. The largest absolute Gasteiger partial charge is 0.454 e. The quantitative estimate of drug-likeness (QED) is 0.454. The number of aryl methyl sites for hydroxylation is 2. The van der Waals surface area contributed by atoms with Crippen LogP contribution >= 0.6 is 0 Å². The molecule has 0 atom stereocenters. The molecule has 9 heteroatoms. The monoisotopic (exact) mass is 474 g/mol. The zero-order valence-corrected chi connectivity index (χ0v) is 20.8. The number of ether oxygens (including phenoxy) is 2. The van der Waals surface area contributed by atoms with Crippen molar-refractivity contribution in [1.82, 2.24) is 30.1 Å². The van der Waals surface area contributed by atoms with Crippen LogP contribution in [0.15, 0.2) is 41.2 Å². The molecule has 0 saturated carbocycles. The summed E-state index contributed by atoms with van der Waals surface area (Å²) in [5.74, 6) is 2.21. The lowest BCUT2D eigenvalue weighted by Gasteiger charge is -2.25. The maximum absolute atomic E-state index is 13.0. The van der Waals surface area contributed by atoms with E-state index in [1.165, 1.54) is 5.56 Å². The molecule has 2 aromatic carbocycles. The molecule has 0 aliphatic carbocycles. The number of nitrogens with one attached hydrogen (secondary N) is 1. The first kappa shape index (κ1) is 23.0. The molecule has 4 aromatic rings. The van der Waals surface area contributed by atoms with Crippen molar-refractivity contribution in [2.75, 3.05) is 6.79 Å². The molecule has 3 heterocycles. The summed E-state index contributed by atoms with van der Waals surface area (Å²) in [6.07, 6.45) is 0. The molecular formula is C26H30N6O3. The number of rotatable bonds is 6. The van der Waals surface area contributed by atoms with Crippen molar-refractivity contribution in [3.8, 4) is 11.5 Å². The molecule has 1 aliphatic heterocycles. The van der Waals surface area contributed by atoms with Gasteiger partial charge in [0.2, 0.25) is 6.79 Å². The van der Waals surface area contributed by atoms with Gasteiger partial charge in [-0.3, -0.25) is 9.69 Å². The molecule has 0 unspecified atom stereocenters. The standard InChI is InChI=1S/C26H30N6O3/c1-16-8-19-11-20(25(33)27-21(19)9-17(16)2)13-31(14-24-28-29-30-32(24)26(3,4)5)12-18-6-7-22-23(10-18)35-15-34-22/h6-11H,12-15H2,1-5H3,(H,27,33). The topological polar surface area (TPSA) is 98.2 Å². The molecule has 9 nitrogen and oxygen atoms in total. The van der Waals surface area contributed by atoms with Gasteiger partial charge in [-0.15, -0.1) is 5.10 Å². The Balaban J connectivity index is 1.49. The first-order valence-electron chi connectivity index (χ1n) is 11.7. The fourth-order valence-electron chi connectivity index (χ4n) is 4.37. The molecule has 1 N–H and O–H groups in total. The van der Waals surface area contributed by atoms with Crippen LogP contribution in [0.4, 0.5) is 0 Å². The third-order valence-corrected chi connectivity index (χ3v) is 6.31. The van der Waals surface area contributed by atoms with Gasteiger partial charge in [0.05, 0.1) is 12.1 Å². The molecule has 2 aromatic heterocycles. The van der Waals surface area contributed by atoms with Crippen LogP contribution in [0.3, 0.4) is 0 Å². The second kappa shape index (κ2) is 8.81. The number of tetrazole rings is 1. The van der Waals surface area contributed by atoms with Crippen LogP contribution in [0.1, 0.15) is 48.8 Å². The van der Waals surface area contributed by atoms with Gasteiger partial charge >= 0.3 is 0 Å². The summed E-state index contributed by atoms with van der Waals surface area (Å²) >= 11 is 0. The van der Waals surface area contributed by atoms with Crippen molar-refractivity contribution in [2.24, 2.45) is 0 Å². The average molecular weight is 475 g/mol. The van der Waals surface area contributed by atoms with Crippen LogP contribution in [0, 0.1) is 13.8 Å². The van der Waals surface area contributed by atoms with Gasteiger partial charge < -0.3 is 14.5 Å². The summed E-state index contributed by atoms with van der Waals surface area (Å²) in [7, 11) is 0. The number of benzene rings is 2. The summed E-state index contributed by atoms with van der Waals surface area (Å²) in [5, 5.41) is 13.4. The van der Waals surface area contributed by atoms with Crippen molar-refractivity contribution in [3.63, 3.8) is 0 Å². The smallest absolute Gasteiger partial charge is 0.252 e. The van der Waals surface area contributed by atoms with E-state index in [1.54, 1.807) is 0 Å². The fourth-order valence-corrected chi connectivity index (χ4v) is 4.37. The van der Waals surface area contributed by atoms with Crippen molar-refractivity contribution >= 4 is 10.9 Å². The van der Waals surface area contributed by atoms with Gasteiger partial charge in [0.15, 0.2) is 17.3 Å². The summed E-state index contributed by atoms with van der Waals surface area (Å²) in [4.78, 5) is 18.3. The fraction of sp³-hybridized carbons (Fsp3) is 0.385. The first-order valence-corrected chi connectivity index (χ1v) is 11.7. The van der Waals surface area contributed by atoms with E-state index in [0.717, 1.165) is 39.4 Å². The number of hydrogen-bond acceptors (Lipinski definition) is 7. The van der Waals surface area contributed by atoms with Crippen molar-refractivity contribution in [1.29, 1.82) is 0 Å². The lowest BCUT2D eigenvalue weighted by Crippen LogP contribution is -2.31. The molecule has 35 heavy (non-hydrogen) atoms. The number of nitrogens with zero attached hydrogens (tertiary/aromatic N) is 5. The van der Waals surface area contributed by atoms with Gasteiger partial charge in [-0.1, -0.05) is 6.07 Å². The molecule has 0 fully saturated rings. The third kappa shape index (κ3) is 4.77. The molecule has 182 valence electrons. The molecule has 0 bridgehead atoms. The maximum Gasteiger partial charge on any atom is 0.252 e. The molecular weight excluding hydrogens is 444 g/mol. The minimum atomic E-state index is -0.265. The summed E-state index contributed by atoms with van der Waals surface area (Å²) in [6.45, 7) is 12.0. The van der Waals surface area contributed by atoms with E-state index >= 15 is 0 Å². The van der Waals surface area contributed by atoms with Crippen LogP contribution in [-0.2, 0) is 25.2 Å². The Bertz CT molecular complexity index is 1450. The highest BCUT2D eigenvalue weighted by molar-refractivity contribution is 5.80. The Hall–Kier alpha value is -3.72. The molecule has 1 aliphatic rings. The van der Waals surface area contributed by atoms with Crippen molar-refractivity contribution in [2.45, 2.75) is 59.8 Å². The van der Waals surface area contributed by atoms with E-state index in [4.69, 9.17) is 9.47 Å². The van der Waals surface area contributed by atoms with E-state index in [2.05, 4.69) is 59.2 Å². The van der Waals surface area contributed by atoms with E-state index < -0.39 is 0 Å². The van der Waals surface area contributed by atoms with Crippen LogP contribution in [0.2, 0.25) is 0 Å². The number of pyridine rings is 1. The van der Waals surface area contributed by atoms with Crippen LogP contribution in [0.25, 0.3) is 10.9 Å². The Morgan fingerprint density at radius 1 is 1.00 bits per heavy atom. The summed E-state index contributed by atoms with van der Waals surface area (Å²) in [5.41, 5.74) is 4.58. The molecule has 5 rings (SSSR count). The van der Waals surface area contributed by atoms with Gasteiger partial charge in [-0.25, -0.2) is 4.68 Å².